The predicted octanol–water partition coefficient (Wildman–Crippen LogP) is 3.24. The third-order valence-corrected chi connectivity index (χ3v) is 7.79. The van der Waals surface area contributed by atoms with Crippen LogP contribution < -0.4 is 19.7 Å². The number of anilines is 1. The zero-order chi connectivity index (χ0) is 23.7. The second-order valence-corrected chi connectivity index (χ2v) is 9.65. The van der Waals surface area contributed by atoms with Crippen molar-refractivity contribution in [3.8, 4) is 11.5 Å². The molecule has 7 rings (SSSR count). The van der Waals surface area contributed by atoms with Crippen LogP contribution >= 0.6 is 12.2 Å². The normalized spacial score (nSPS) is 24.0. The molecule has 2 bridgehead atoms. The van der Waals surface area contributed by atoms with Crippen LogP contribution in [0.2, 0.25) is 0 Å². The van der Waals surface area contributed by atoms with Gasteiger partial charge in [-0.2, -0.15) is 0 Å². The minimum atomic E-state index is -0.523. The Morgan fingerprint density at radius 2 is 1.86 bits per heavy atom. The molecule has 4 heterocycles. The minimum absolute atomic E-state index is 0.0354. The molecule has 8 nitrogen and oxygen atoms in total. The summed E-state index contributed by atoms with van der Waals surface area (Å²) in [5.41, 5.74) is 1.67. The molecule has 3 unspecified atom stereocenters. The van der Waals surface area contributed by atoms with Gasteiger partial charge in [0.2, 0.25) is 6.79 Å². The van der Waals surface area contributed by atoms with Gasteiger partial charge in [0, 0.05) is 18.5 Å². The molecule has 3 amide bonds. The average Bonchev–Trinajstić information content (AvgIpc) is 3.65. The van der Waals surface area contributed by atoms with E-state index in [1.807, 2.05) is 60.7 Å². The Bertz CT molecular complexity index is 1410. The summed E-state index contributed by atoms with van der Waals surface area (Å²) >= 11 is 5.72. The smallest absolute Gasteiger partial charge is 0.332 e. The van der Waals surface area contributed by atoms with Crippen LogP contribution in [0.4, 0.5) is 10.5 Å². The third kappa shape index (κ3) is 3.01. The fourth-order valence-corrected chi connectivity index (χ4v) is 6.13. The van der Waals surface area contributed by atoms with E-state index in [4.69, 9.17) is 21.7 Å². The van der Waals surface area contributed by atoms with Gasteiger partial charge in [0.1, 0.15) is 6.04 Å². The van der Waals surface area contributed by atoms with Crippen molar-refractivity contribution in [3.05, 3.63) is 66.2 Å². The van der Waals surface area contributed by atoms with Crippen LogP contribution in [0, 0.1) is 0 Å². The molecule has 4 aliphatic rings. The summed E-state index contributed by atoms with van der Waals surface area (Å²) in [6.07, 6.45) is 0.747. The van der Waals surface area contributed by atoms with E-state index in [9.17, 15) is 9.59 Å². The Morgan fingerprint density at radius 3 is 2.77 bits per heavy atom. The van der Waals surface area contributed by atoms with Crippen LogP contribution in [0.15, 0.2) is 60.7 Å². The van der Waals surface area contributed by atoms with Crippen molar-refractivity contribution in [2.45, 2.75) is 31.1 Å². The van der Waals surface area contributed by atoms with Gasteiger partial charge in [-0.3, -0.25) is 4.79 Å². The zero-order valence-electron chi connectivity index (χ0n) is 18.7. The Kier molecular flexibility index (Phi) is 4.44. The van der Waals surface area contributed by atoms with Crippen LogP contribution in [-0.4, -0.2) is 58.3 Å². The lowest BCUT2D eigenvalue weighted by Crippen LogP contribution is -2.56. The predicted molar refractivity (Wildman–Crippen MR) is 133 cm³/mol. The Morgan fingerprint density at radius 1 is 1.03 bits per heavy atom. The van der Waals surface area contributed by atoms with Gasteiger partial charge in [-0.25, -0.2) is 9.69 Å². The maximum absolute atomic E-state index is 13.6. The largest absolute Gasteiger partial charge is 0.454 e. The molecule has 1 N–H and O–H groups in total. The molecule has 3 saturated heterocycles. The molecule has 3 aromatic rings. The van der Waals surface area contributed by atoms with Crippen molar-refractivity contribution in [3.63, 3.8) is 0 Å². The monoisotopic (exact) mass is 486 g/mol. The number of nitrogens with zero attached hydrogens (tertiary/aromatic N) is 3. The molecule has 3 fully saturated rings. The number of carbonyl (C=O) groups excluding carboxylic acids is 2. The molecule has 3 atom stereocenters. The van der Waals surface area contributed by atoms with E-state index in [1.165, 1.54) is 4.90 Å². The maximum atomic E-state index is 13.6. The number of likely N-dealkylation sites (tertiary alicyclic amines) is 1. The summed E-state index contributed by atoms with van der Waals surface area (Å²) in [5.74, 6) is 1.30. The van der Waals surface area contributed by atoms with Crippen molar-refractivity contribution in [1.82, 2.24) is 15.1 Å². The number of hydrogen-bond donors (Lipinski definition) is 1. The number of nitrogens with one attached hydrogen (secondary N) is 1. The first-order chi connectivity index (χ1) is 17.1. The SMILES string of the molecule is O=C1C2C3CC(CN3C(=S)NCc3ccc4c(c3)OCO4)N2C(=O)N1c1cccc2ccccc12. The fourth-order valence-electron chi connectivity index (χ4n) is 5.85. The second kappa shape index (κ2) is 7.58. The average molecular weight is 487 g/mol. The Balaban J connectivity index is 1.11. The maximum Gasteiger partial charge on any atom is 0.332 e. The van der Waals surface area contributed by atoms with Crippen LogP contribution in [0.5, 0.6) is 11.5 Å². The van der Waals surface area contributed by atoms with Crippen LogP contribution in [0.1, 0.15) is 12.0 Å². The van der Waals surface area contributed by atoms with E-state index < -0.39 is 6.04 Å². The van der Waals surface area contributed by atoms with Gasteiger partial charge < -0.3 is 24.6 Å². The summed E-state index contributed by atoms with van der Waals surface area (Å²) in [6, 6.07) is 18.4. The molecule has 0 spiro atoms. The van der Waals surface area contributed by atoms with E-state index in [2.05, 4.69) is 10.2 Å². The van der Waals surface area contributed by atoms with Gasteiger partial charge in [0.05, 0.1) is 17.8 Å². The highest BCUT2D eigenvalue weighted by Gasteiger charge is 2.62. The number of urea groups is 1. The highest BCUT2D eigenvalue weighted by Crippen LogP contribution is 2.43. The topological polar surface area (TPSA) is 74.4 Å². The molecule has 0 aromatic heterocycles. The summed E-state index contributed by atoms with van der Waals surface area (Å²) in [4.78, 5) is 32.3. The fraction of sp³-hybridized carbons (Fsp3) is 0.269. The highest BCUT2D eigenvalue weighted by atomic mass is 32.1. The van der Waals surface area contributed by atoms with Gasteiger partial charge in [-0.1, -0.05) is 42.5 Å². The lowest BCUT2D eigenvalue weighted by molar-refractivity contribution is -0.120. The van der Waals surface area contributed by atoms with Crippen molar-refractivity contribution in [1.29, 1.82) is 0 Å². The van der Waals surface area contributed by atoms with Gasteiger partial charge in [-0.15, -0.1) is 0 Å². The Hall–Kier alpha value is -3.85. The number of thiocarbonyl (C=S) groups is 1. The van der Waals surface area contributed by atoms with E-state index in [0.717, 1.165) is 34.3 Å². The van der Waals surface area contributed by atoms with Gasteiger partial charge in [0.15, 0.2) is 16.6 Å². The van der Waals surface area contributed by atoms with Crippen molar-refractivity contribution in [2.75, 3.05) is 18.2 Å². The molecule has 4 aliphatic heterocycles. The van der Waals surface area contributed by atoms with Crippen molar-refractivity contribution < 1.29 is 19.1 Å². The van der Waals surface area contributed by atoms with E-state index >= 15 is 0 Å². The number of hydrogen-bond acceptors (Lipinski definition) is 5. The van der Waals surface area contributed by atoms with Crippen LogP contribution in [0.3, 0.4) is 0 Å². The minimum Gasteiger partial charge on any atom is -0.454 e. The van der Waals surface area contributed by atoms with Gasteiger partial charge >= 0.3 is 6.03 Å². The summed E-state index contributed by atoms with van der Waals surface area (Å²) in [6.45, 7) is 1.39. The van der Waals surface area contributed by atoms with E-state index in [-0.39, 0.29) is 30.8 Å². The van der Waals surface area contributed by atoms with Crippen LogP contribution in [-0.2, 0) is 11.3 Å². The molecule has 35 heavy (non-hydrogen) atoms. The lowest BCUT2D eigenvalue weighted by atomic mass is 10.1. The van der Waals surface area contributed by atoms with E-state index in [0.29, 0.717) is 23.9 Å². The Labute approximate surface area is 207 Å². The van der Waals surface area contributed by atoms with Gasteiger partial charge in [0.25, 0.3) is 5.91 Å². The number of amides is 3. The van der Waals surface area contributed by atoms with Crippen molar-refractivity contribution in [2.24, 2.45) is 0 Å². The third-order valence-electron chi connectivity index (χ3n) is 7.41. The van der Waals surface area contributed by atoms with Gasteiger partial charge in [-0.05, 0) is 47.8 Å². The molecule has 0 aliphatic carbocycles. The standard InChI is InChI=1S/C26H22N4O4S/c31-24-23-20-11-17(13-28(20)25(35)27-12-15-8-9-21-22(10-15)34-14-33-21)29(23)26(32)30(24)19-7-3-5-16-4-1-2-6-18(16)19/h1-10,17,20,23H,11-14H2,(H,27,35). The molecular formula is C26H22N4O4S. The number of fused-ring (bicyclic) bond motifs is 7. The lowest BCUT2D eigenvalue weighted by Gasteiger charge is -2.36. The van der Waals surface area contributed by atoms with E-state index in [1.54, 1.807) is 4.90 Å². The molecule has 0 radical (unpaired) electrons. The number of carbonyl (C=O) groups is 2. The summed E-state index contributed by atoms with van der Waals surface area (Å²) < 4.78 is 10.8. The number of benzene rings is 3. The summed E-state index contributed by atoms with van der Waals surface area (Å²) in [7, 11) is 0. The molecule has 176 valence electrons. The quantitative estimate of drug-likeness (QED) is 0.450. The first-order valence-electron chi connectivity index (χ1n) is 11.7. The summed E-state index contributed by atoms with van der Waals surface area (Å²) in [5, 5.41) is 5.81. The highest BCUT2D eigenvalue weighted by molar-refractivity contribution is 7.80. The number of rotatable bonds is 3. The second-order valence-electron chi connectivity index (χ2n) is 9.26. The first kappa shape index (κ1) is 20.5. The number of imide groups is 1. The van der Waals surface area contributed by atoms with Crippen molar-refractivity contribution >= 4 is 45.7 Å². The molecule has 3 aromatic carbocycles. The molecular weight excluding hydrogens is 464 g/mol. The molecule has 0 saturated carbocycles. The molecule has 9 heteroatoms. The number of piperazine rings is 1. The van der Waals surface area contributed by atoms with Crippen LogP contribution in [0.25, 0.3) is 10.8 Å². The zero-order valence-corrected chi connectivity index (χ0v) is 19.5. The number of ether oxygens (including phenoxy) is 2. The first-order valence-corrected chi connectivity index (χ1v) is 12.1.